The minimum Gasteiger partial charge on any atom is -0.314 e. The fourth-order valence-electron chi connectivity index (χ4n) is 0.738. The molecule has 1 heterocycles. The number of hydrogen-bond acceptors (Lipinski definition) is 4. The van der Waals surface area contributed by atoms with Gasteiger partial charge in [-0.05, 0) is 6.42 Å². The molecule has 1 N–H and O–H groups in total. The highest BCUT2D eigenvalue weighted by Gasteiger charge is 2.16. The Hall–Kier alpha value is -0.980. The highest BCUT2D eigenvalue weighted by molar-refractivity contribution is 7.86. The molecule has 12 heavy (non-hydrogen) atoms. The largest absolute Gasteiger partial charge is 0.368 e. The number of H-pyrrole nitrogens is 1. The lowest BCUT2D eigenvalue weighted by molar-refractivity contribution is 0.542. The molecule has 0 fully saturated rings. The summed E-state index contributed by atoms with van der Waals surface area (Å²) in [6, 6.07) is 0. The average Bonchev–Trinajstić information content (AvgIpc) is 2.35. The van der Waals surface area contributed by atoms with E-state index in [4.69, 9.17) is 0 Å². The van der Waals surface area contributed by atoms with Crippen molar-refractivity contribution in [3.05, 3.63) is 5.82 Å². The van der Waals surface area contributed by atoms with Gasteiger partial charge in [-0.3, -0.25) is 0 Å². The van der Waals surface area contributed by atoms with Crippen LogP contribution in [-0.2, 0) is 16.6 Å². The van der Waals surface area contributed by atoms with E-state index in [1.54, 1.807) is 0 Å². The Morgan fingerprint density at radius 1 is 1.50 bits per heavy atom. The van der Waals surface area contributed by atoms with Crippen LogP contribution < -0.4 is 0 Å². The molecular formula is C5H8FN3O2S. The summed E-state index contributed by atoms with van der Waals surface area (Å²) in [6.45, 7) is 1.89. The summed E-state index contributed by atoms with van der Waals surface area (Å²) in [5.41, 5.74) is 0. The quantitative estimate of drug-likeness (QED) is 0.705. The number of halogens is 1. The Morgan fingerprint density at radius 3 is 2.58 bits per heavy atom. The number of nitrogens with zero attached hydrogens (tertiary/aromatic N) is 2. The molecule has 7 heteroatoms. The van der Waals surface area contributed by atoms with Crippen LogP contribution in [-0.4, -0.2) is 23.6 Å². The summed E-state index contributed by atoms with van der Waals surface area (Å²) in [4.78, 5) is 2.27. The van der Waals surface area contributed by atoms with E-state index in [0.717, 1.165) is 6.42 Å². The molecule has 68 valence electrons. The second-order valence-corrected chi connectivity index (χ2v) is 3.53. The highest BCUT2D eigenvalue weighted by Crippen LogP contribution is 2.05. The maximum Gasteiger partial charge on any atom is 0.368 e. The molecule has 1 aromatic rings. The molecule has 0 atom stereocenters. The Bertz CT molecular complexity index is 359. The number of aryl methyl sites for hydroxylation is 1. The Morgan fingerprint density at radius 2 is 2.17 bits per heavy atom. The summed E-state index contributed by atoms with van der Waals surface area (Å²) >= 11 is 0. The van der Waals surface area contributed by atoms with Gasteiger partial charge in [-0.1, -0.05) is 10.8 Å². The zero-order chi connectivity index (χ0) is 9.19. The Kier molecular flexibility index (Phi) is 2.41. The van der Waals surface area contributed by atoms with E-state index in [2.05, 4.69) is 15.2 Å². The molecule has 0 radical (unpaired) electrons. The molecule has 1 rings (SSSR count). The highest BCUT2D eigenvalue weighted by atomic mass is 32.3. The molecule has 0 unspecified atom stereocenters. The van der Waals surface area contributed by atoms with E-state index in [-0.39, 0.29) is 0 Å². The maximum absolute atomic E-state index is 12.2. The van der Waals surface area contributed by atoms with Crippen molar-refractivity contribution in [1.82, 2.24) is 15.2 Å². The van der Waals surface area contributed by atoms with Gasteiger partial charge in [0.2, 0.25) is 0 Å². The lowest BCUT2D eigenvalue weighted by atomic mass is 10.3. The number of aromatic amines is 1. The van der Waals surface area contributed by atoms with Crippen LogP contribution in [0.5, 0.6) is 0 Å². The minimum absolute atomic E-state index is 0.383. The first kappa shape index (κ1) is 9.11. The summed E-state index contributed by atoms with van der Waals surface area (Å²) in [7, 11) is -4.73. The molecule has 0 aromatic carbocycles. The van der Waals surface area contributed by atoms with Crippen LogP contribution in [0.1, 0.15) is 19.2 Å². The standard InChI is InChI=1S/C5H8FN3O2S/c1-2-3-4-7-5(9-8-4)12(6,10)11/h2-3H2,1H3,(H,7,8,9). The number of rotatable bonds is 3. The van der Waals surface area contributed by atoms with E-state index in [9.17, 15) is 12.3 Å². The van der Waals surface area contributed by atoms with Crippen LogP contribution in [0.25, 0.3) is 0 Å². The first-order valence-electron chi connectivity index (χ1n) is 3.40. The van der Waals surface area contributed by atoms with E-state index in [0.29, 0.717) is 12.2 Å². The average molecular weight is 193 g/mol. The van der Waals surface area contributed by atoms with Crippen molar-refractivity contribution in [2.24, 2.45) is 0 Å². The number of nitrogens with one attached hydrogen (secondary N) is 1. The van der Waals surface area contributed by atoms with Crippen LogP contribution in [0, 0.1) is 0 Å². The number of hydrogen-bond donors (Lipinski definition) is 1. The Balaban J connectivity index is 2.92. The van der Waals surface area contributed by atoms with Gasteiger partial charge in [0.25, 0.3) is 5.16 Å². The fourth-order valence-corrected chi connectivity index (χ4v) is 1.12. The van der Waals surface area contributed by atoms with Gasteiger partial charge in [0, 0.05) is 6.42 Å². The monoisotopic (exact) mass is 193 g/mol. The van der Waals surface area contributed by atoms with E-state index in [1.807, 2.05) is 6.92 Å². The molecule has 0 saturated carbocycles. The molecule has 0 amide bonds. The number of aromatic nitrogens is 3. The van der Waals surface area contributed by atoms with Crippen molar-refractivity contribution < 1.29 is 12.3 Å². The molecule has 0 saturated heterocycles. The third-order valence-electron chi connectivity index (χ3n) is 1.23. The van der Waals surface area contributed by atoms with Gasteiger partial charge in [-0.15, -0.1) is 10.2 Å². The summed E-state index contributed by atoms with van der Waals surface area (Å²) in [5.74, 6) is 0.383. The van der Waals surface area contributed by atoms with Gasteiger partial charge in [0.15, 0.2) is 0 Å². The molecule has 5 nitrogen and oxygen atoms in total. The van der Waals surface area contributed by atoms with E-state index >= 15 is 0 Å². The molecule has 0 aliphatic rings. The van der Waals surface area contributed by atoms with Gasteiger partial charge in [-0.25, -0.2) is 0 Å². The van der Waals surface area contributed by atoms with Gasteiger partial charge < -0.3 is 4.98 Å². The van der Waals surface area contributed by atoms with Crippen LogP contribution in [0.4, 0.5) is 3.89 Å². The third kappa shape index (κ3) is 2.00. The van der Waals surface area contributed by atoms with E-state index < -0.39 is 15.4 Å². The second-order valence-electron chi connectivity index (χ2n) is 2.26. The fraction of sp³-hybridized carbons (Fsp3) is 0.600. The topological polar surface area (TPSA) is 75.7 Å². The Labute approximate surface area is 69.2 Å². The molecule has 0 aliphatic heterocycles. The van der Waals surface area contributed by atoms with Crippen molar-refractivity contribution >= 4 is 10.2 Å². The molecule has 0 bridgehead atoms. The van der Waals surface area contributed by atoms with Gasteiger partial charge >= 0.3 is 10.2 Å². The van der Waals surface area contributed by atoms with Gasteiger partial charge in [-0.2, -0.15) is 8.42 Å². The van der Waals surface area contributed by atoms with Crippen molar-refractivity contribution in [2.75, 3.05) is 0 Å². The zero-order valence-corrected chi connectivity index (χ0v) is 7.23. The van der Waals surface area contributed by atoms with Crippen LogP contribution >= 0.6 is 0 Å². The second kappa shape index (κ2) is 3.18. The van der Waals surface area contributed by atoms with Crippen molar-refractivity contribution in [3.8, 4) is 0 Å². The third-order valence-corrected chi connectivity index (χ3v) is 1.88. The first-order chi connectivity index (χ1) is 5.54. The zero-order valence-electron chi connectivity index (χ0n) is 6.41. The summed E-state index contributed by atoms with van der Waals surface area (Å²) in [5, 5.41) is 5.87. The predicted octanol–water partition coefficient (Wildman–Crippen LogP) is 0.415. The predicted molar refractivity (Wildman–Crippen MR) is 38.7 cm³/mol. The van der Waals surface area contributed by atoms with Crippen molar-refractivity contribution in [2.45, 2.75) is 24.9 Å². The van der Waals surface area contributed by atoms with Crippen LogP contribution in [0.15, 0.2) is 5.16 Å². The van der Waals surface area contributed by atoms with Gasteiger partial charge in [0.1, 0.15) is 5.82 Å². The first-order valence-corrected chi connectivity index (χ1v) is 4.78. The summed E-state index contributed by atoms with van der Waals surface area (Å²) in [6.07, 6.45) is 1.35. The smallest absolute Gasteiger partial charge is 0.314 e. The lowest BCUT2D eigenvalue weighted by Gasteiger charge is -1.86. The summed E-state index contributed by atoms with van der Waals surface area (Å²) < 4.78 is 32.7. The van der Waals surface area contributed by atoms with Crippen LogP contribution in [0.3, 0.4) is 0 Å². The van der Waals surface area contributed by atoms with Crippen molar-refractivity contribution in [3.63, 3.8) is 0 Å². The lowest BCUT2D eigenvalue weighted by Crippen LogP contribution is -1.94. The van der Waals surface area contributed by atoms with E-state index in [1.165, 1.54) is 0 Å². The maximum atomic E-state index is 12.2. The molecule has 0 spiro atoms. The molecule has 1 aromatic heterocycles. The SMILES string of the molecule is CCCc1nnc(S(=O)(=O)F)[nH]1. The van der Waals surface area contributed by atoms with Crippen LogP contribution in [0.2, 0.25) is 0 Å². The molecular weight excluding hydrogens is 185 g/mol. The molecule has 0 aliphatic carbocycles. The van der Waals surface area contributed by atoms with Gasteiger partial charge in [0.05, 0.1) is 0 Å². The normalized spacial score (nSPS) is 11.8. The minimum atomic E-state index is -4.73. The van der Waals surface area contributed by atoms with Crippen molar-refractivity contribution in [1.29, 1.82) is 0 Å².